The van der Waals surface area contributed by atoms with Crippen LogP contribution in [0.15, 0.2) is 24.4 Å². The highest BCUT2D eigenvalue weighted by atomic mass is 16.7. The van der Waals surface area contributed by atoms with Gasteiger partial charge in [0, 0.05) is 37.1 Å². The van der Waals surface area contributed by atoms with Crippen molar-refractivity contribution in [3.05, 3.63) is 41.3 Å². The Hall–Kier alpha value is -2.58. The van der Waals surface area contributed by atoms with Crippen molar-refractivity contribution in [2.75, 3.05) is 33.4 Å². The number of carbonyl (C=O) groups is 1. The Morgan fingerprint density at radius 3 is 2.74 bits per heavy atom. The van der Waals surface area contributed by atoms with Gasteiger partial charge in [-0.25, -0.2) is 4.79 Å². The zero-order valence-corrected chi connectivity index (χ0v) is 18.6. The van der Waals surface area contributed by atoms with Crippen molar-refractivity contribution in [3.8, 4) is 11.6 Å². The van der Waals surface area contributed by atoms with Crippen LogP contribution in [0.5, 0.6) is 11.6 Å². The second-order valence-corrected chi connectivity index (χ2v) is 7.98. The molecule has 0 unspecified atom stereocenters. The van der Waals surface area contributed by atoms with Crippen LogP contribution >= 0.6 is 0 Å². The maximum Gasteiger partial charge on any atom is 0.514 e. The molecule has 2 aromatic rings. The van der Waals surface area contributed by atoms with Crippen LogP contribution < -0.4 is 9.47 Å². The molecule has 2 N–H and O–H groups in total. The summed E-state index contributed by atoms with van der Waals surface area (Å²) in [4.78, 5) is 21.3. The fraction of sp³-hybridized carbons (Fsp3) is 0.565. The molecule has 8 nitrogen and oxygen atoms in total. The molecule has 3 heterocycles. The van der Waals surface area contributed by atoms with Gasteiger partial charge >= 0.3 is 6.16 Å². The monoisotopic (exact) mass is 431 g/mol. The van der Waals surface area contributed by atoms with Gasteiger partial charge in [0.25, 0.3) is 0 Å². The Kier molecular flexibility index (Phi) is 7.92. The first kappa shape index (κ1) is 23.1. The number of rotatable bonds is 9. The van der Waals surface area contributed by atoms with E-state index in [-0.39, 0.29) is 0 Å². The minimum atomic E-state index is -0.870. The molecule has 3 rings (SSSR count). The third kappa shape index (κ3) is 5.77. The lowest BCUT2D eigenvalue weighted by atomic mass is 9.88. The third-order valence-corrected chi connectivity index (χ3v) is 5.85. The number of methoxy groups -OCH3 is 1. The number of hydrogen-bond donors (Lipinski definition) is 2. The first-order valence-corrected chi connectivity index (χ1v) is 10.9. The predicted octanol–water partition coefficient (Wildman–Crippen LogP) is 3.57. The molecule has 0 saturated carbocycles. The van der Waals surface area contributed by atoms with Crippen LogP contribution in [0.2, 0.25) is 0 Å². The zero-order valence-electron chi connectivity index (χ0n) is 18.6. The summed E-state index contributed by atoms with van der Waals surface area (Å²) in [6.07, 6.45) is 5.13. The molecule has 0 radical (unpaired) electrons. The molecule has 31 heavy (non-hydrogen) atoms. The highest BCUT2D eigenvalue weighted by Crippen LogP contribution is 2.35. The maximum absolute atomic E-state index is 11.6. The molecular weight excluding hydrogens is 398 g/mol. The number of H-pyrrole nitrogens is 1. The number of pyridine rings is 1. The van der Waals surface area contributed by atoms with Gasteiger partial charge in [-0.1, -0.05) is 19.4 Å². The maximum atomic E-state index is 11.6. The van der Waals surface area contributed by atoms with Gasteiger partial charge < -0.3 is 24.3 Å². The number of piperidine rings is 1. The van der Waals surface area contributed by atoms with Crippen molar-refractivity contribution >= 4 is 6.16 Å². The molecule has 1 saturated heterocycles. The van der Waals surface area contributed by atoms with E-state index in [0.717, 1.165) is 49.3 Å². The first-order chi connectivity index (χ1) is 15.0. The second kappa shape index (κ2) is 10.6. The molecule has 0 amide bonds. The van der Waals surface area contributed by atoms with Crippen molar-refractivity contribution < 1.29 is 24.1 Å². The predicted molar refractivity (Wildman–Crippen MR) is 116 cm³/mol. The lowest BCUT2D eigenvalue weighted by Gasteiger charge is -2.37. The molecule has 0 aliphatic carbocycles. The van der Waals surface area contributed by atoms with Crippen molar-refractivity contribution in [3.63, 3.8) is 0 Å². The Morgan fingerprint density at radius 1 is 1.32 bits per heavy atom. The van der Waals surface area contributed by atoms with Crippen LogP contribution in [0.25, 0.3) is 0 Å². The van der Waals surface area contributed by atoms with Gasteiger partial charge in [-0.2, -0.15) is 0 Å². The zero-order chi connectivity index (χ0) is 22.3. The summed E-state index contributed by atoms with van der Waals surface area (Å²) in [6, 6.07) is 5.65. The lowest BCUT2D eigenvalue weighted by molar-refractivity contribution is -0.0311. The highest BCUT2D eigenvalue weighted by Gasteiger charge is 2.35. The normalized spacial score (nSPS) is 16.1. The number of aryl methyl sites for hydroxylation is 1. The quantitative estimate of drug-likeness (QED) is 0.586. The van der Waals surface area contributed by atoms with Gasteiger partial charge in [-0.05, 0) is 44.7 Å². The molecule has 1 aliphatic heterocycles. The molecule has 170 valence electrons. The summed E-state index contributed by atoms with van der Waals surface area (Å²) >= 11 is 0. The molecule has 0 aromatic carbocycles. The van der Waals surface area contributed by atoms with Gasteiger partial charge in [-0.15, -0.1) is 0 Å². The number of nitrogens with one attached hydrogen (secondary N) is 1. The smallest absolute Gasteiger partial charge is 0.486 e. The van der Waals surface area contributed by atoms with Gasteiger partial charge in [0.2, 0.25) is 5.88 Å². The van der Waals surface area contributed by atoms with Crippen molar-refractivity contribution in [1.29, 1.82) is 0 Å². The van der Waals surface area contributed by atoms with E-state index in [1.165, 1.54) is 7.11 Å². The fourth-order valence-corrected chi connectivity index (χ4v) is 3.93. The number of likely N-dealkylation sites (tertiary alicyclic amines) is 1. The third-order valence-electron chi connectivity index (χ3n) is 5.85. The number of nitrogens with zero attached hydrogens (tertiary/aromatic N) is 2. The van der Waals surface area contributed by atoms with E-state index < -0.39 is 11.8 Å². The van der Waals surface area contributed by atoms with E-state index in [9.17, 15) is 9.90 Å². The number of aromatic nitrogens is 2. The number of ether oxygens (including phenoxy) is 3. The summed E-state index contributed by atoms with van der Waals surface area (Å²) in [5.41, 5.74) is 1.83. The van der Waals surface area contributed by atoms with E-state index in [1.807, 2.05) is 25.1 Å². The lowest BCUT2D eigenvalue weighted by Crippen LogP contribution is -2.44. The Bertz CT molecular complexity index is 844. The van der Waals surface area contributed by atoms with Crippen molar-refractivity contribution in [1.82, 2.24) is 14.9 Å². The summed E-state index contributed by atoms with van der Waals surface area (Å²) in [6.45, 7) is 6.78. The highest BCUT2D eigenvalue weighted by molar-refractivity contribution is 5.65. The Balaban J connectivity index is 1.58. The minimum Gasteiger partial charge on any atom is -0.486 e. The number of hydrogen-bond acceptors (Lipinski definition) is 7. The van der Waals surface area contributed by atoms with Gasteiger partial charge in [0.15, 0.2) is 5.75 Å². The standard InChI is InChI=1S/C23H33N3O5/c1-4-5-8-18-17(2)25-21(31-22(27)29-3)20(18)30-16-15-26-13-10-23(28,11-14-26)19-9-6-7-12-24-19/h6-7,9,12,25,28H,4-5,8,10-11,13-16H2,1-3H3. The topological polar surface area (TPSA) is 96.9 Å². The van der Waals surface area contributed by atoms with Gasteiger partial charge in [-0.3, -0.25) is 9.88 Å². The van der Waals surface area contributed by atoms with E-state index >= 15 is 0 Å². The molecule has 1 fully saturated rings. The summed E-state index contributed by atoms with van der Waals surface area (Å²) in [5.74, 6) is 0.872. The Morgan fingerprint density at radius 2 is 2.10 bits per heavy atom. The van der Waals surface area contributed by atoms with Crippen LogP contribution in [0.4, 0.5) is 4.79 Å². The van der Waals surface area contributed by atoms with E-state index in [4.69, 9.17) is 9.47 Å². The van der Waals surface area contributed by atoms with E-state index in [0.29, 0.717) is 37.6 Å². The summed E-state index contributed by atoms with van der Waals surface area (Å²) in [7, 11) is 1.28. The molecule has 1 aliphatic rings. The summed E-state index contributed by atoms with van der Waals surface area (Å²) in [5, 5.41) is 10.9. The molecule has 0 bridgehead atoms. The molecular formula is C23H33N3O5. The van der Waals surface area contributed by atoms with Crippen LogP contribution in [0.3, 0.4) is 0 Å². The average molecular weight is 432 g/mol. The molecule has 0 spiro atoms. The number of aliphatic hydroxyl groups is 1. The van der Waals surface area contributed by atoms with Crippen LogP contribution in [-0.4, -0.2) is 59.5 Å². The van der Waals surface area contributed by atoms with Crippen LogP contribution in [0, 0.1) is 6.92 Å². The largest absolute Gasteiger partial charge is 0.514 e. The average Bonchev–Trinajstić information content (AvgIpc) is 3.08. The van der Waals surface area contributed by atoms with Gasteiger partial charge in [0.05, 0.1) is 12.8 Å². The van der Waals surface area contributed by atoms with E-state index in [1.54, 1.807) is 6.20 Å². The second-order valence-electron chi connectivity index (χ2n) is 7.98. The fourth-order valence-electron chi connectivity index (χ4n) is 3.93. The van der Waals surface area contributed by atoms with E-state index in [2.05, 4.69) is 26.5 Å². The van der Waals surface area contributed by atoms with Crippen molar-refractivity contribution in [2.45, 2.75) is 51.6 Å². The number of unbranched alkanes of at least 4 members (excludes halogenated alkanes) is 1. The SMILES string of the molecule is CCCCc1c(C)[nH]c(OC(=O)OC)c1OCCN1CCC(O)(c2ccccn2)CC1. The molecule has 0 atom stereocenters. The van der Waals surface area contributed by atoms with Crippen LogP contribution in [0.1, 0.15) is 49.6 Å². The number of carbonyl (C=O) groups excluding carboxylic acids is 1. The van der Waals surface area contributed by atoms with Crippen molar-refractivity contribution in [2.24, 2.45) is 0 Å². The molecule has 8 heteroatoms. The minimum absolute atomic E-state index is 0.290. The first-order valence-electron chi connectivity index (χ1n) is 10.9. The van der Waals surface area contributed by atoms with Crippen LogP contribution in [-0.2, 0) is 16.8 Å². The summed E-state index contributed by atoms with van der Waals surface area (Å²) < 4.78 is 16.0. The molecule has 2 aromatic heterocycles. The Labute approximate surface area is 183 Å². The van der Waals surface area contributed by atoms with Gasteiger partial charge in [0.1, 0.15) is 12.2 Å². The number of aromatic amines is 1.